The number of rotatable bonds is 6. The van der Waals surface area contributed by atoms with Crippen LogP contribution in [0.1, 0.15) is 30.5 Å². The molecule has 0 bridgehead atoms. The smallest absolute Gasteiger partial charge is 0.313 e. The van der Waals surface area contributed by atoms with Gasteiger partial charge in [-0.2, -0.15) is 0 Å². The van der Waals surface area contributed by atoms with Crippen LogP contribution in [0.3, 0.4) is 0 Å². The van der Waals surface area contributed by atoms with Crippen molar-refractivity contribution in [2.45, 2.75) is 26.3 Å². The summed E-state index contributed by atoms with van der Waals surface area (Å²) >= 11 is 5.78. The fraction of sp³-hybridized carbons (Fsp3) is 0.250. The molecule has 0 aromatic heterocycles. The lowest BCUT2D eigenvalue weighted by atomic mass is 9.98. The first-order valence-electron chi connectivity index (χ1n) is 8.59. The third-order valence-corrected chi connectivity index (χ3v) is 4.16. The summed E-state index contributed by atoms with van der Waals surface area (Å²) in [4.78, 5) is 36.5. The molecule has 0 saturated carbocycles. The number of amides is 2. The van der Waals surface area contributed by atoms with Gasteiger partial charge in [0.2, 0.25) is 0 Å². The first kappa shape index (κ1) is 21.4. The van der Waals surface area contributed by atoms with Crippen LogP contribution in [0, 0.1) is 12.7 Å². The van der Waals surface area contributed by atoms with Crippen molar-refractivity contribution < 1.29 is 23.5 Å². The van der Waals surface area contributed by atoms with E-state index in [-0.39, 0.29) is 23.7 Å². The predicted octanol–water partition coefficient (Wildman–Crippen LogP) is 3.54. The maximum absolute atomic E-state index is 13.8. The summed E-state index contributed by atoms with van der Waals surface area (Å²) in [5.41, 5.74) is 1.29. The normalized spacial score (nSPS) is 11.4. The zero-order chi connectivity index (χ0) is 20.7. The van der Waals surface area contributed by atoms with Crippen molar-refractivity contribution in [1.82, 2.24) is 5.32 Å². The van der Waals surface area contributed by atoms with Gasteiger partial charge in [-0.3, -0.25) is 14.4 Å². The number of carbonyl (C=O) groups is 3. The molecule has 2 aromatic rings. The second kappa shape index (κ2) is 9.85. The van der Waals surface area contributed by atoms with E-state index in [2.05, 4.69) is 10.6 Å². The van der Waals surface area contributed by atoms with Gasteiger partial charge in [0.1, 0.15) is 5.82 Å². The number of hydrogen-bond donors (Lipinski definition) is 2. The second-order valence-corrected chi connectivity index (χ2v) is 6.41. The molecule has 2 amide bonds. The van der Waals surface area contributed by atoms with E-state index in [9.17, 15) is 18.8 Å². The minimum atomic E-state index is -1.08. The van der Waals surface area contributed by atoms with Gasteiger partial charge in [-0.25, -0.2) is 4.39 Å². The predicted molar refractivity (Wildman–Crippen MR) is 103 cm³/mol. The summed E-state index contributed by atoms with van der Waals surface area (Å²) in [6.07, 6.45) is -0.150. The molecule has 8 heteroatoms. The van der Waals surface area contributed by atoms with Crippen molar-refractivity contribution in [1.29, 1.82) is 0 Å². The van der Waals surface area contributed by atoms with Crippen LogP contribution in [-0.2, 0) is 19.1 Å². The molecule has 0 spiro atoms. The van der Waals surface area contributed by atoms with E-state index < -0.39 is 29.6 Å². The maximum atomic E-state index is 13.8. The number of carbonyl (C=O) groups excluding carboxylic acids is 3. The Bertz CT molecular complexity index is 888. The summed E-state index contributed by atoms with van der Waals surface area (Å²) in [6, 6.07) is 9.95. The van der Waals surface area contributed by atoms with Crippen LogP contribution in [0.25, 0.3) is 0 Å². The number of halogens is 2. The Kier molecular flexibility index (Phi) is 7.52. The van der Waals surface area contributed by atoms with Gasteiger partial charge in [-0.05, 0) is 43.2 Å². The standard InChI is InChI=1S/C20H20ClFN2O4/c1-3-28-18(25)11-16(14-7-5-4-6-12(14)2)23-19(26)20(27)24-17-10-13(21)8-9-15(17)22/h4-10,16H,3,11H2,1-2H3,(H,23,26)(H,24,27)/t16-/m1/s1. The molecule has 28 heavy (non-hydrogen) atoms. The van der Waals surface area contributed by atoms with E-state index in [1.54, 1.807) is 19.1 Å². The average Bonchev–Trinajstić information content (AvgIpc) is 2.64. The third-order valence-electron chi connectivity index (χ3n) is 3.93. The highest BCUT2D eigenvalue weighted by Gasteiger charge is 2.24. The molecule has 2 rings (SSSR count). The first-order chi connectivity index (χ1) is 13.3. The van der Waals surface area contributed by atoms with Gasteiger partial charge in [0.15, 0.2) is 0 Å². The van der Waals surface area contributed by atoms with Crippen molar-refractivity contribution in [3.8, 4) is 0 Å². The van der Waals surface area contributed by atoms with E-state index in [4.69, 9.17) is 16.3 Å². The van der Waals surface area contributed by atoms with Gasteiger partial charge in [-0.1, -0.05) is 35.9 Å². The molecule has 0 fully saturated rings. The molecule has 6 nitrogen and oxygen atoms in total. The molecule has 0 aliphatic carbocycles. The van der Waals surface area contributed by atoms with Gasteiger partial charge >= 0.3 is 17.8 Å². The number of benzene rings is 2. The Morgan fingerprint density at radius 2 is 1.86 bits per heavy atom. The molecule has 0 saturated heterocycles. The number of esters is 1. The van der Waals surface area contributed by atoms with Gasteiger partial charge in [0.05, 0.1) is 24.8 Å². The fourth-order valence-corrected chi connectivity index (χ4v) is 2.77. The molecular formula is C20H20ClFN2O4. The monoisotopic (exact) mass is 406 g/mol. The highest BCUT2D eigenvalue weighted by atomic mass is 35.5. The zero-order valence-corrected chi connectivity index (χ0v) is 16.2. The van der Waals surface area contributed by atoms with Crippen molar-refractivity contribution >= 4 is 35.1 Å². The minimum Gasteiger partial charge on any atom is -0.466 e. The molecule has 0 heterocycles. The molecule has 148 valence electrons. The van der Waals surface area contributed by atoms with Gasteiger partial charge in [-0.15, -0.1) is 0 Å². The van der Waals surface area contributed by atoms with Crippen molar-refractivity contribution in [2.75, 3.05) is 11.9 Å². The fourth-order valence-electron chi connectivity index (χ4n) is 2.60. The lowest BCUT2D eigenvalue weighted by molar-refractivity contribution is -0.144. The highest BCUT2D eigenvalue weighted by molar-refractivity contribution is 6.40. The first-order valence-corrected chi connectivity index (χ1v) is 8.97. The van der Waals surface area contributed by atoms with Gasteiger partial charge in [0, 0.05) is 5.02 Å². The summed E-state index contributed by atoms with van der Waals surface area (Å²) < 4.78 is 18.7. The van der Waals surface area contributed by atoms with Crippen LogP contribution >= 0.6 is 11.6 Å². The minimum absolute atomic E-state index is 0.150. The summed E-state index contributed by atoms with van der Waals surface area (Å²) in [5.74, 6) is -3.34. The highest BCUT2D eigenvalue weighted by Crippen LogP contribution is 2.22. The molecule has 0 radical (unpaired) electrons. The van der Waals surface area contributed by atoms with Gasteiger partial charge < -0.3 is 15.4 Å². The van der Waals surface area contributed by atoms with Crippen LogP contribution in [0.5, 0.6) is 0 Å². The number of anilines is 1. The van der Waals surface area contributed by atoms with Crippen molar-refractivity contribution in [3.05, 3.63) is 64.4 Å². The van der Waals surface area contributed by atoms with E-state index in [0.29, 0.717) is 5.56 Å². The topological polar surface area (TPSA) is 84.5 Å². The molecule has 0 aliphatic heterocycles. The molecule has 1 atom stereocenters. The zero-order valence-electron chi connectivity index (χ0n) is 15.4. The van der Waals surface area contributed by atoms with Crippen molar-refractivity contribution in [2.24, 2.45) is 0 Å². The van der Waals surface area contributed by atoms with Crippen LogP contribution in [0.2, 0.25) is 5.02 Å². The quantitative estimate of drug-likeness (QED) is 0.567. The molecule has 2 N–H and O–H groups in total. The SMILES string of the molecule is CCOC(=O)C[C@@H](NC(=O)C(=O)Nc1cc(Cl)ccc1F)c1ccccc1C. The van der Waals surface area contributed by atoms with Crippen LogP contribution in [-0.4, -0.2) is 24.4 Å². The lowest BCUT2D eigenvalue weighted by Gasteiger charge is -2.20. The molecule has 2 aromatic carbocycles. The summed E-state index contributed by atoms with van der Waals surface area (Å²) in [7, 11) is 0. The van der Waals surface area contributed by atoms with E-state index in [1.807, 2.05) is 19.1 Å². The van der Waals surface area contributed by atoms with E-state index in [1.165, 1.54) is 12.1 Å². The average molecular weight is 407 g/mol. The summed E-state index contributed by atoms with van der Waals surface area (Å²) in [5, 5.41) is 4.89. The number of aryl methyl sites for hydroxylation is 1. The van der Waals surface area contributed by atoms with Crippen molar-refractivity contribution in [3.63, 3.8) is 0 Å². The number of hydrogen-bond acceptors (Lipinski definition) is 4. The van der Waals surface area contributed by atoms with Crippen LogP contribution in [0.4, 0.5) is 10.1 Å². The second-order valence-electron chi connectivity index (χ2n) is 5.97. The van der Waals surface area contributed by atoms with Crippen LogP contribution in [0.15, 0.2) is 42.5 Å². The number of ether oxygens (including phenoxy) is 1. The van der Waals surface area contributed by atoms with Crippen LogP contribution < -0.4 is 10.6 Å². The van der Waals surface area contributed by atoms with Gasteiger partial charge in [0.25, 0.3) is 0 Å². The van der Waals surface area contributed by atoms with E-state index >= 15 is 0 Å². The Labute approximate surface area is 167 Å². The largest absolute Gasteiger partial charge is 0.466 e. The molecular weight excluding hydrogens is 387 g/mol. The Morgan fingerprint density at radius 3 is 2.54 bits per heavy atom. The third kappa shape index (κ3) is 5.79. The van der Waals surface area contributed by atoms with E-state index in [0.717, 1.165) is 11.6 Å². The lowest BCUT2D eigenvalue weighted by Crippen LogP contribution is -2.39. The number of nitrogens with one attached hydrogen (secondary N) is 2. The summed E-state index contributed by atoms with van der Waals surface area (Å²) in [6.45, 7) is 3.69. The molecule has 0 aliphatic rings. The Balaban J connectivity index is 2.16. The molecule has 0 unspecified atom stereocenters. The maximum Gasteiger partial charge on any atom is 0.313 e. The Hall–Kier alpha value is -2.93. The Morgan fingerprint density at radius 1 is 1.14 bits per heavy atom.